The third kappa shape index (κ3) is 2.05. The van der Waals surface area contributed by atoms with Gasteiger partial charge in [0.05, 0.1) is 0 Å². The van der Waals surface area contributed by atoms with Gasteiger partial charge < -0.3 is 0 Å². The van der Waals surface area contributed by atoms with Crippen LogP contribution >= 0.6 is 0 Å². The van der Waals surface area contributed by atoms with Crippen LogP contribution in [0.1, 0.15) is 26.6 Å². The van der Waals surface area contributed by atoms with Crippen LogP contribution in [-0.2, 0) is 5.41 Å². The van der Waals surface area contributed by atoms with E-state index in [0.717, 1.165) is 4.68 Å². The third-order valence-corrected chi connectivity index (χ3v) is 2.03. The second kappa shape index (κ2) is 3.72. The molecule has 0 amide bonds. The fourth-order valence-electron chi connectivity index (χ4n) is 1.14. The van der Waals surface area contributed by atoms with Crippen LogP contribution in [0.15, 0.2) is 12.7 Å². The van der Waals surface area contributed by atoms with E-state index in [-0.39, 0.29) is 5.82 Å². The van der Waals surface area contributed by atoms with Crippen LogP contribution in [0.25, 0.3) is 0 Å². The highest BCUT2D eigenvalue weighted by Gasteiger charge is 2.25. The van der Waals surface area contributed by atoms with Crippen LogP contribution in [0.4, 0.5) is 9.18 Å². The third-order valence-electron chi connectivity index (χ3n) is 2.03. The zero-order valence-electron chi connectivity index (χ0n) is 9.62. The highest BCUT2D eigenvalue weighted by molar-refractivity contribution is 5.76. The van der Waals surface area contributed by atoms with Crippen molar-refractivity contribution in [2.75, 3.05) is 0 Å². The molecule has 2 rings (SSSR count). The number of carbonyl (C=O) groups is 1. The molecule has 0 aliphatic carbocycles. The van der Waals surface area contributed by atoms with Crippen molar-refractivity contribution in [3.63, 3.8) is 0 Å². The summed E-state index contributed by atoms with van der Waals surface area (Å²) in [6.07, 6.45) is 1.38. The van der Waals surface area contributed by atoms with Crippen molar-refractivity contribution in [2.45, 2.75) is 26.2 Å². The molecular weight excluding hydrogens is 227 g/mol. The first-order valence-electron chi connectivity index (χ1n) is 4.92. The van der Waals surface area contributed by atoms with Crippen molar-refractivity contribution in [3.05, 3.63) is 24.6 Å². The van der Waals surface area contributed by atoms with E-state index in [2.05, 4.69) is 20.2 Å². The average Bonchev–Trinajstić information content (AvgIpc) is 2.83. The minimum Gasteiger partial charge on any atom is -0.243 e. The molecule has 0 saturated heterocycles. The van der Waals surface area contributed by atoms with E-state index >= 15 is 0 Å². The van der Waals surface area contributed by atoms with E-state index in [1.54, 1.807) is 0 Å². The summed E-state index contributed by atoms with van der Waals surface area (Å²) in [4.78, 5) is 19.0. The Kier molecular flexibility index (Phi) is 2.49. The molecule has 0 N–H and O–H groups in total. The number of rotatable bonds is 0. The van der Waals surface area contributed by atoms with Gasteiger partial charge in [-0.25, -0.2) is 9.78 Å². The molecule has 0 unspecified atom stereocenters. The molecular formula is C9H11FN6O. The lowest BCUT2D eigenvalue weighted by molar-refractivity contribution is 0.233. The van der Waals surface area contributed by atoms with Crippen molar-refractivity contribution >= 4 is 6.03 Å². The Morgan fingerprint density at radius 2 is 2.12 bits per heavy atom. The van der Waals surface area contributed by atoms with Crippen molar-refractivity contribution in [3.8, 4) is 0 Å². The lowest BCUT2D eigenvalue weighted by atomic mass is 9.96. The number of hydrogen-bond donors (Lipinski definition) is 0. The van der Waals surface area contributed by atoms with Crippen LogP contribution in [0.2, 0.25) is 0 Å². The summed E-state index contributed by atoms with van der Waals surface area (Å²) in [5.74, 6) is 0.253. The van der Waals surface area contributed by atoms with E-state index in [9.17, 15) is 9.18 Å². The Balaban J connectivity index is 2.41. The number of aromatic nitrogens is 6. The van der Waals surface area contributed by atoms with Crippen LogP contribution in [0.5, 0.6) is 0 Å². The SMILES string of the molecule is CC(C)(C)c1nc(F)n(C(=O)n2cncn2)n1. The van der Waals surface area contributed by atoms with Crippen molar-refractivity contribution in [1.29, 1.82) is 0 Å². The van der Waals surface area contributed by atoms with Gasteiger partial charge in [0.1, 0.15) is 12.7 Å². The van der Waals surface area contributed by atoms with Gasteiger partial charge in [-0.05, 0) is 0 Å². The Labute approximate surface area is 96.3 Å². The molecule has 8 heteroatoms. The number of carbonyl (C=O) groups excluding carboxylic acids is 1. The van der Waals surface area contributed by atoms with Gasteiger partial charge in [-0.1, -0.05) is 20.8 Å². The highest BCUT2D eigenvalue weighted by atomic mass is 19.1. The fraction of sp³-hybridized carbons (Fsp3) is 0.444. The molecule has 0 fully saturated rings. The minimum absolute atomic E-state index is 0.253. The van der Waals surface area contributed by atoms with Gasteiger partial charge in [0.15, 0.2) is 5.82 Å². The summed E-state index contributed by atoms with van der Waals surface area (Å²) >= 11 is 0. The maximum absolute atomic E-state index is 13.5. The molecule has 0 atom stereocenters. The number of nitrogens with zero attached hydrogens (tertiary/aromatic N) is 6. The van der Waals surface area contributed by atoms with Crippen molar-refractivity contribution < 1.29 is 9.18 Å². The lowest BCUT2D eigenvalue weighted by Gasteiger charge is -2.11. The maximum Gasteiger partial charge on any atom is 0.374 e. The first-order chi connectivity index (χ1) is 7.89. The average molecular weight is 238 g/mol. The van der Waals surface area contributed by atoms with Gasteiger partial charge >= 0.3 is 12.1 Å². The Morgan fingerprint density at radius 3 is 2.59 bits per heavy atom. The second-order valence-electron chi connectivity index (χ2n) is 4.49. The topological polar surface area (TPSA) is 78.5 Å². The molecule has 0 spiro atoms. The smallest absolute Gasteiger partial charge is 0.243 e. The first-order valence-corrected chi connectivity index (χ1v) is 4.92. The summed E-state index contributed by atoms with van der Waals surface area (Å²) in [5.41, 5.74) is -0.436. The molecule has 0 bridgehead atoms. The standard InChI is InChI=1S/C9H11FN6O/c1-9(2,3)6-13-7(10)16(14-6)8(17)15-5-11-4-12-15/h4-5H,1-3H3. The van der Waals surface area contributed by atoms with Gasteiger partial charge in [-0.2, -0.15) is 19.2 Å². The first kappa shape index (κ1) is 11.4. The van der Waals surface area contributed by atoms with E-state index < -0.39 is 17.5 Å². The second-order valence-corrected chi connectivity index (χ2v) is 4.49. The summed E-state index contributed by atoms with van der Waals surface area (Å²) < 4.78 is 14.9. The Hall–Kier alpha value is -2.12. The molecule has 90 valence electrons. The lowest BCUT2D eigenvalue weighted by Crippen LogP contribution is -2.23. The summed E-state index contributed by atoms with van der Waals surface area (Å²) in [6.45, 7) is 5.48. The van der Waals surface area contributed by atoms with Crippen molar-refractivity contribution in [1.82, 2.24) is 29.5 Å². The van der Waals surface area contributed by atoms with Crippen LogP contribution in [0.3, 0.4) is 0 Å². The van der Waals surface area contributed by atoms with Gasteiger partial charge in [0.25, 0.3) is 0 Å². The molecule has 2 aromatic rings. The Bertz CT molecular complexity index is 538. The van der Waals surface area contributed by atoms with E-state index in [1.165, 1.54) is 12.7 Å². The highest BCUT2D eigenvalue weighted by Crippen LogP contribution is 2.18. The van der Waals surface area contributed by atoms with Gasteiger partial charge in [0, 0.05) is 5.41 Å². The summed E-state index contributed by atoms with van der Waals surface area (Å²) in [5, 5.41) is 7.44. The zero-order valence-corrected chi connectivity index (χ0v) is 9.62. The number of hydrogen-bond acceptors (Lipinski definition) is 5. The molecule has 7 nitrogen and oxygen atoms in total. The summed E-state index contributed by atoms with van der Waals surface area (Å²) in [6, 6.07) is -0.761. The molecule has 2 heterocycles. The quantitative estimate of drug-likeness (QED) is 0.679. The molecule has 17 heavy (non-hydrogen) atoms. The molecule has 2 aromatic heterocycles. The molecule has 0 radical (unpaired) electrons. The normalized spacial score (nSPS) is 11.8. The summed E-state index contributed by atoms with van der Waals surface area (Å²) in [7, 11) is 0. The molecule has 0 aromatic carbocycles. The molecule has 0 aliphatic rings. The molecule has 0 aliphatic heterocycles. The van der Waals surface area contributed by atoms with Gasteiger partial charge in [-0.15, -0.1) is 9.78 Å². The van der Waals surface area contributed by atoms with Gasteiger partial charge in [0.2, 0.25) is 0 Å². The predicted molar refractivity (Wildman–Crippen MR) is 54.9 cm³/mol. The number of halogens is 1. The predicted octanol–water partition coefficient (Wildman–Crippen LogP) is 0.823. The van der Waals surface area contributed by atoms with Crippen LogP contribution < -0.4 is 0 Å². The minimum atomic E-state index is -0.963. The Morgan fingerprint density at radius 1 is 1.41 bits per heavy atom. The van der Waals surface area contributed by atoms with Crippen LogP contribution in [-0.4, -0.2) is 35.6 Å². The van der Waals surface area contributed by atoms with Crippen LogP contribution in [0, 0.1) is 6.08 Å². The maximum atomic E-state index is 13.5. The largest absolute Gasteiger partial charge is 0.374 e. The molecule has 0 saturated carbocycles. The van der Waals surface area contributed by atoms with Gasteiger partial charge in [-0.3, -0.25) is 0 Å². The van der Waals surface area contributed by atoms with E-state index in [4.69, 9.17) is 0 Å². The zero-order chi connectivity index (χ0) is 12.6. The van der Waals surface area contributed by atoms with E-state index in [1.807, 2.05) is 20.8 Å². The monoisotopic (exact) mass is 238 g/mol. The fourth-order valence-corrected chi connectivity index (χ4v) is 1.14. The van der Waals surface area contributed by atoms with E-state index in [0.29, 0.717) is 4.68 Å². The van der Waals surface area contributed by atoms with Crippen molar-refractivity contribution in [2.24, 2.45) is 0 Å².